The maximum Gasteiger partial charge on any atom is 0.472 e. The third kappa shape index (κ3) is 71.0. The fourth-order valence-corrected chi connectivity index (χ4v) is 13.3. The molecule has 0 aromatic rings. The lowest BCUT2D eigenvalue weighted by Crippen LogP contribution is -2.30. The summed E-state index contributed by atoms with van der Waals surface area (Å²) in [5.74, 6) is 0.194. The molecule has 99 heavy (non-hydrogen) atoms. The zero-order valence-electron chi connectivity index (χ0n) is 64.4. The highest BCUT2D eigenvalue weighted by Gasteiger charge is 2.30. The van der Waals surface area contributed by atoms with Crippen LogP contribution < -0.4 is 0 Å². The van der Waals surface area contributed by atoms with Crippen LogP contribution in [0.3, 0.4) is 0 Å². The Morgan fingerprint density at radius 2 is 0.596 bits per heavy atom. The molecule has 0 rings (SSSR count). The molecule has 0 saturated carbocycles. The Kier molecular flexibility index (Phi) is 68.1. The zero-order valence-corrected chi connectivity index (χ0v) is 66.2. The van der Waals surface area contributed by atoms with Crippen molar-refractivity contribution >= 4 is 39.5 Å². The van der Waals surface area contributed by atoms with E-state index in [1.54, 1.807) is 0 Å². The van der Waals surface area contributed by atoms with E-state index in [0.29, 0.717) is 31.6 Å². The summed E-state index contributed by atoms with van der Waals surface area (Å²) < 4.78 is 68.6. The summed E-state index contributed by atoms with van der Waals surface area (Å²) in [6.45, 7) is 11.9. The molecule has 0 aliphatic rings. The molecule has 0 aromatic carbocycles. The van der Waals surface area contributed by atoms with Gasteiger partial charge < -0.3 is 33.8 Å². The Morgan fingerprint density at radius 3 is 0.899 bits per heavy atom. The fraction of sp³-hybridized carbons (Fsp3) is 0.900. The second-order valence-electron chi connectivity index (χ2n) is 29.1. The van der Waals surface area contributed by atoms with Gasteiger partial charge in [0.25, 0.3) is 0 Å². The smallest absolute Gasteiger partial charge is 0.462 e. The third-order valence-electron chi connectivity index (χ3n) is 18.7. The molecule has 0 bridgehead atoms. The van der Waals surface area contributed by atoms with Crippen LogP contribution in [0, 0.1) is 17.8 Å². The standard InChI is InChI=1S/C80H152O17P2/c1-8-11-12-13-14-15-16-17-22-26-29-32-40-47-54-61-77(82)90-67-75(96-79(84)63-56-49-41-33-30-27-24-21-19-18-20-23-25-28-31-38-45-52-59-72(6)9-2)69-94-98(86,87)92-65-74(81)66-93-99(88,89)95-70-76(68-91-78(83)62-55-48-43-36-37-44-51-58-71(4)5)97-80(85)64-57-50-42-35-34-39-46-53-60-73(7)10-3/h15-17,22,71-76,81H,8-14,18-21,23-70H2,1-7H3,(H,86,87)(H,88,89)/b16-15-,22-17-/t72?,73?,74?,75-,76-/m1/s1. The van der Waals surface area contributed by atoms with Crippen LogP contribution in [0.4, 0.5) is 0 Å². The summed E-state index contributed by atoms with van der Waals surface area (Å²) in [7, 11) is -9.93. The van der Waals surface area contributed by atoms with Gasteiger partial charge in [0, 0.05) is 25.7 Å². The van der Waals surface area contributed by atoms with Gasteiger partial charge in [-0.25, -0.2) is 9.13 Å². The molecule has 0 aromatic heterocycles. The highest BCUT2D eigenvalue weighted by Crippen LogP contribution is 2.45. The number of carbonyl (C=O) groups is 4. The monoisotopic (exact) mass is 1450 g/mol. The number of aliphatic hydroxyl groups is 1. The van der Waals surface area contributed by atoms with E-state index < -0.39 is 97.5 Å². The minimum Gasteiger partial charge on any atom is -0.462 e. The maximum atomic E-state index is 13.1. The van der Waals surface area contributed by atoms with Crippen molar-refractivity contribution in [2.75, 3.05) is 39.6 Å². The number of phosphoric ester groups is 2. The predicted octanol–water partition coefficient (Wildman–Crippen LogP) is 23.3. The molecule has 7 atom stereocenters. The number of esters is 4. The first-order valence-corrected chi connectivity index (χ1v) is 43.7. The topological polar surface area (TPSA) is 237 Å². The van der Waals surface area contributed by atoms with Gasteiger partial charge in [0.1, 0.15) is 19.3 Å². The number of ether oxygens (including phenoxy) is 4. The van der Waals surface area contributed by atoms with Crippen LogP contribution in [0.5, 0.6) is 0 Å². The quantitative estimate of drug-likeness (QED) is 0.0169. The lowest BCUT2D eigenvalue weighted by molar-refractivity contribution is -0.161. The molecule has 17 nitrogen and oxygen atoms in total. The van der Waals surface area contributed by atoms with E-state index in [1.165, 1.54) is 173 Å². The Balaban J connectivity index is 5.24. The number of aliphatic hydroxyl groups excluding tert-OH is 1. The molecule has 5 unspecified atom stereocenters. The first kappa shape index (κ1) is 96.5. The Hall–Kier alpha value is -2.46. The summed E-state index contributed by atoms with van der Waals surface area (Å²) in [6.07, 6.45) is 60.6. The largest absolute Gasteiger partial charge is 0.472 e. The summed E-state index contributed by atoms with van der Waals surface area (Å²) in [6, 6.07) is 0. The Labute approximate surface area is 605 Å². The van der Waals surface area contributed by atoms with Crippen molar-refractivity contribution in [3.63, 3.8) is 0 Å². The first-order chi connectivity index (χ1) is 47.8. The second-order valence-corrected chi connectivity index (χ2v) is 32.0. The average Bonchev–Trinajstić information content (AvgIpc) is 1.05. The summed E-state index contributed by atoms with van der Waals surface area (Å²) in [5, 5.41) is 10.6. The van der Waals surface area contributed by atoms with E-state index in [0.717, 1.165) is 127 Å². The van der Waals surface area contributed by atoms with E-state index in [4.69, 9.17) is 37.0 Å². The normalized spacial score (nSPS) is 14.7. The molecule has 584 valence electrons. The summed E-state index contributed by atoms with van der Waals surface area (Å²) in [5.41, 5.74) is 0. The predicted molar refractivity (Wildman–Crippen MR) is 404 cm³/mol. The van der Waals surface area contributed by atoms with Crippen molar-refractivity contribution < 1.29 is 80.2 Å². The molecule has 0 heterocycles. The lowest BCUT2D eigenvalue weighted by Gasteiger charge is -2.21. The van der Waals surface area contributed by atoms with Crippen molar-refractivity contribution in [1.82, 2.24) is 0 Å². The van der Waals surface area contributed by atoms with Crippen LogP contribution in [0.2, 0.25) is 0 Å². The van der Waals surface area contributed by atoms with Crippen molar-refractivity contribution in [2.45, 2.75) is 407 Å². The van der Waals surface area contributed by atoms with Crippen LogP contribution >= 0.6 is 15.6 Å². The third-order valence-corrected chi connectivity index (χ3v) is 20.6. The van der Waals surface area contributed by atoms with Gasteiger partial charge in [0.15, 0.2) is 12.2 Å². The molecule has 19 heteroatoms. The SMILES string of the molecule is CCCCCC/C=C\C=C/CCCCCCCC(=O)OC[C@H](COP(=O)(O)OCC(O)COP(=O)(O)OC[C@@H](COC(=O)CCCCCCCCCC(C)C)OC(=O)CCCCCCCCCCC(C)CC)OC(=O)CCCCCCCCCCCCCCCCCCCCC(C)CC. The lowest BCUT2D eigenvalue weighted by atomic mass is 9.99. The maximum absolute atomic E-state index is 13.1. The highest BCUT2D eigenvalue weighted by atomic mass is 31.2. The minimum absolute atomic E-state index is 0.101. The molecule has 0 saturated heterocycles. The molecule has 0 aliphatic carbocycles. The molecule has 0 fully saturated rings. The van der Waals surface area contributed by atoms with Gasteiger partial charge in [-0.1, -0.05) is 336 Å². The molecule has 0 spiro atoms. The van der Waals surface area contributed by atoms with Crippen LogP contribution in [0.1, 0.15) is 389 Å². The van der Waals surface area contributed by atoms with Crippen molar-refractivity contribution in [1.29, 1.82) is 0 Å². The van der Waals surface area contributed by atoms with Gasteiger partial charge >= 0.3 is 39.5 Å². The molecule has 0 radical (unpaired) electrons. The molecular formula is C80H152O17P2. The number of hydrogen-bond acceptors (Lipinski definition) is 15. The van der Waals surface area contributed by atoms with Crippen LogP contribution in [0.25, 0.3) is 0 Å². The second kappa shape index (κ2) is 69.9. The minimum atomic E-state index is -4.97. The van der Waals surface area contributed by atoms with E-state index in [2.05, 4.69) is 72.8 Å². The van der Waals surface area contributed by atoms with Crippen molar-refractivity contribution in [3.05, 3.63) is 24.3 Å². The molecule has 0 amide bonds. The number of phosphoric acid groups is 2. The Bertz CT molecular complexity index is 2020. The van der Waals surface area contributed by atoms with E-state index >= 15 is 0 Å². The van der Waals surface area contributed by atoms with Crippen molar-refractivity contribution in [3.8, 4) is 0 Å². The van der Waals surface area contributed by atoms with Gasteiger partial charge in [-0.15, -0.1) is 0 Å². The van der Waals surface area contributed by atoms with E-state index in [1.807, 2.05) is 0 Å². The molecular weight excluding hydrogens is 1290 g/mol. The van der Waals surface area contributed by atoms with Crippen LogP contribution in [-0.2, 0) is 65.4 Å². The van der Waals surface area contributed by atoms with Gasteiger partial charge in [-0.05, 0) is 69.1 Å². The first-order valence-electron chi connectivity index (χ1n) is 40.7. The van der Waals surface area contributed by atoms with E-state index in [-0.39, 0.29) is 25.7 Å². The van der Waals surface area contributed by atoms with Crippen LogP contribution in [0.15, 0.2) is 24.3 Å². The molecule has 3 N–H and O–H groups in total. The number of unbranched alkanes of at least 4 members (excludes halogenated alkanes) is 39. The van der Waals surface area contributed by atoms with E-state index in [9.17, 15) is 43.2 Å². The zero-order chi connectivity index (χ0) is 73.0. The average molecular weight is 1450 g/mol. The number of allylic oxidation sites excluding steroid dienone is 4. The highest BCUT2D eigenvalue weighted by molar-refractivity contribution is 7.47. The van der Waals surface area contributed by atoms with Gasteiger partial charge in [0.05, 0.1) is 26.4 Å². The van der Waals surface area contributed by atoms with Gasteiger partial charge in [0.2, 0.25) is 0 Å². The Morgan fingerprint density at radius 1 is 0.333 bits per heavy atom. The number of hydrogen-bond donors (Lipinski definition) is 3. The molecule has 0 aliphatic heterocycles. The van der Waals surface area contributed by atoms with Gasteiger partial charge in [-0.2, -0.15) is 0 Å². The summed E-state index contributed by atoms with van der Waals surface area (Å²) >= 11 is 0. The number of rotatable bonds is 76. The number of carbonyl (C=O) groups excluding carboxylic acids is 4. The fourth-order valence-electron chi connectivity index (χ4n) is 11.7. The van der Waals surface area contributed by atoms with Gasteiger partial charge in [-0.3, -0.25) is 37.3 Å². The van der Waals surface area contributed by atoms with Crippen LogP contribution in [-0.4, -0.2) is 96.7 Å². The summed E-state index contributed by atoms with van der Waals surface area (Å²) in [4.78, 5) is 72.9. The van der Waals surface area contributed by atoms with Crippen molar-refractivity contribution in [2.24, 2.45) is 17.8 Å².